The summed E-state index contributed by atoms with van der Waals surface area (Å²) in [5, 5.41) is 2.54. The van der Waals surface area contributed by atoms with E-state index in [9.17, 15) is 14.0 Å². The second-order valence-corrected chi connectivity index (χ2v) is 5.91. The van der Waals surface area contributed by atoms with Gasteiger partial charge in [0.25, 0.3) is 0 Å². The molecule has 1 atom stereocenters. The summed E-state index contributed by atoms with van der Waals surface area (Å²) in [4.78, 5) is 22.7. The molecular formula is C13H15ClFNO3S. The number of ether oxygens (including phenoxy) is 1. The fraction of sp³-hybridized carbons (Fsp3) is 0.385. The Kier molecular flexibility index (Phi) is 6.81. The molecule has 0 aliphatic rings. The average Bonchev–Trinajstić information content (AvgIpc) is 2.40. The number of rotatable bonds is 6. The maximum Gasteiger partial charge on any atom is 0.306 e. The molecule has 1 aromatic rings. The lowest BCUT2D eigenvalue weighted by atomic mass is 10.3. The monoisotopic (exact) mass is 319 g/mol. The van der Waals surface area contributed by atoms with E-state index in [2.05, 4.69) is 10.1 Å². The molecule has 20 heavy (non-hydrogen) atoms. The van der Waals surface area contributed by atoms with Crippen molar-refractivity contribution in [1.29, 1.82) is 0 Å². The van der Waals surface area contributed by atoms with E-state index >= 15 is 0 Å². The quantitative estimate of drug-likeness (QED) is 0.819. The number of carbonyl (C=O) groups is 2. The average molecular weight is 320 g/mol. The van der Waals surface area contributed by atoms with E-state index in [1.807, 2.05) is 6.92 Å². The minimum Gasteiger partial charge on any atom is -0.469 e. The molecule has 1 aromatic carbocycles. The predicted octanol–water partition coefficient (Wildman–Crippen LogP) is 3.10. The number of nitrogens with one attached hydrogen (secondary N) is 1. The molecule has 7 heteroatoms. The number of thioether (sulfide) groups is 1. The standard InChI is InChI=1S/C13H15ClFNO3S/c1-8(5-13(18)19-2)20-7-12(17)16-9-3-4-11(15)10(14)6-9/h3-4,6,8H,5,7H2,1-2H3,(H,16,17). The normalized spacial score (nSPS) is 11.8. The highest BCUT2D eigenvalue weighted by molar-refractivity contribution is 8.00. The van der Waals surface area contributed by atoms with Gasteiger partial charge >= 0.3 is 5.97 Å². The summed E-state index contributed by atoms with van der Waals surface area (Å²) in [5.41, 5.74) is 0.433. The zero-order chi connectivity index (χ0) is 15.1. The summed E-state index contributed by atoms with van der Waals surface area (Å²) in [6.07, 6.45) is 0.247. The van der Waals surface area contributed by atoms with E-state index in [4.69, 9.17) is 11.6 Å². The van der Waals surface area contributed by atoms with Crippen LogP contribution in [0.15, 0.2) is 18.2 Å². The molecular weight excluding hydrogens is 305 g/mol. The number of halogens is 2. The van der Waals surface area contributed by atoms with E-state index in [1.165, 1.54) is 37.1 Å². The number of amides is 1. The molecule has 4 nitrogen and oxygen atoms in total. The van der Waals surface area contributed by atoms with Crippen molar-refractivity contribution in [2.24, 2.45) is 0 Å². The maximum atomic E-state index is 13.0. The topological polar surface area (TPSA) is 55.4 Å². The molecule has 0 bridgehead atoms. The molecule has 110 valence electrons. The molecule has 1 unspecified atom stereocenters. The summed E-state index contributed by atoms with van der Waals surface area (Å²) in [6.45, 7) is 1.84. The van der Waals surface area contributed by atoms with Crippen molar-refractivity contribution in [3.63, 3.8) is 0 Å². The van der Waals surface area contributed by atoms with E-state index in [1.54, 1.807) is 0 Å². The minimum absolute atomic E-state index is 0.0231. The number of anilines is 1. The molecule has 0 aliphatic heterocycles. The van der Waals surface area contributed by atoms with Gasteiger partial charge in [-0.05, 0) is 18.2 Å². The Labute approximate surface area is 126 Å². The lowest BCUT2D eigenvalue weighted by molar-refractivity contribution is -0.140. The molecule has 0 saturated heterocycles. The first-order chi connectivity index (χ1) is 9.42. The second-order valence-electron chi connectivity index (χ2n) is 4.08. The van der Waals surface area contributed by atoms with Gasteiger partial charge in [0.2, 0.25) is 5.91 Å². The Bertz CT molecular complexity index is 499. The Morgan fingerprint density at radius 1 is 1.50 bits per heavy atom. The van der Waals surface area contributed by atoms with Crippen molar-refractivity contribution in [3.8, 4) is 0 Å². The van der Waals surface area contributed by atoms with Crippen LogP contribution in [-0.4, -0.2) is 30.0 Å². The first kappa shape index (κ1) is 16.8. The summed E-state index contributed by atoms with van der Waals surface area (Å²) >= 11 is 6.95. The lowest BCUT2D eigenvalue weighted by Crippen LogP contribution is -2.17. The van der Waals surface area contributed by atoms with Crippen LogP contribution in [0.2, 0.25) is 5.02 Å². The third-order valence-electron chi connectivity index (χ3n) is 2.38. The van der Waals surface area contributed by atoms with E-state index in [-0.39, 0.29) is 34.3 Å². The lowest BCUT2D eigenvalue weighted by Gasteiger charge is -2.10. The summed E-state index contributed by atoms with van der Waals surface area (Å²) in [5.74, 6) is -0.900. The van der Waals surface area contributed by atoms with Gasteiger partial charge < -0.3 is 10.1 Å². The number of carbonyl (C=O) groups excluding carboxylic acids is 2. The Morgan fingerprint density at radius 2 is 2.20 bits per heavy atom. The number of hydrogen-bond acceptors (Lipinski definition) is 4. The van der Waals surface area contributed by atoms with Crippen molar-refractivity contribution in [2.45, 2.75) is 18.6 Å². The third-order valence-corrected chi connectivity index (χ3v) is 3.84. The Balaban J connectivity index is 2.40. The smallest absolute Gasteiger partial charge is 0.306 e. The number of hydrogen-bond donors (Lipinski definition) is 1. The van der Waals surface area contributed by atoms with Crippen LogP contribution in [0.25, 0.3) is 0 Å². The van der Waals surface area contributed by atoms with Crippen LogP contribution < -0.4 is 5.32 Å². The van der Waals surface area contributed by atoms with Crippen molar-refractivity contribution < 1.29 is 18.7 Å². The highest BCUT2D eigenvalue weighted by atomic mass is 35.5. The summed E-state index contributed by atoms with van der Waals surface area (Å²) in [6, 6.07) is 3.96. The molecule has 1 N–H and O–H groups in total. The molecule has 0 heterocycles. The van der Waals surface area contributed by atoms with Gasteiger partial charge in [-0.15, -0.1) is 11.8 Å². The van der Waals surface area contributed by atoms with E-state index in [0.717, 1.165) is 0 Å². The molecule has 1 rings (SSSR count). The highest BCUT2D eigenvalue weighted by Gasteiger charge is 2.12. The van der Waals surface area contributed by atoms with Gasteiger partial charge in [0.05, 0.1) is 24.3 Å². The fourth-order valence-electron chi connectivity index (χ4n) is 1.37. The van der Waals surface area contributed by atoms with Crippen LogP contribution in [-0.2, 0) is 14.3 Å². The second kappa shape index (κ2) is 8.11. The van der Waals surface area contributed by atoms with E-state index in [0.29, 0.717) is 5.69 Å². The van der Waals surface area contributed by atoms with Gasteiger partial charge in [0.1, 0.15) is 5.82 Å². The molecule has 0 aromatic heterocycles. The zero-order valence-corrected chi connectivity index (χ0v) is 12.7. The van der Waals surface area contributed by atoms with Gasteiger partial charge in [-0.2, -0.15) is 0 Å². The molecule has 1 amide bonds. The van der Waals surface area contributed by atoms with Crippen molar-refractivity contribution in [3.05, 3.63) is 29.0 Å². The van der Waals surface area contributed by atoms with E-state index < -0.39 is 5.82 Å². The minimum atomic E-state index is -0.536. The third kappa shape index (κ3) is 5.79. The Morgan fingerprint density at radius 3 is 2.80 bits per heavy atom. The van der Waals surface area contributed by atoms with Crippen LogP contribution in [0, 0.1) is 5.82 Å². The number of esters is 1. The molecule has 0 radical (unpaired) electrons. The number of methoxy groups -OCH3 is 1. The van der Waals surface area contributed by atoms with Gasteiger partial charge in [-0.3, -0.25) is 9.59 Å². The zero-order valence-electron chi connectivity index (χ0n) is 11.1. The van der Waals surface area contributed by atoms with Crippen molar-refractivity contribution in [1.82, 2.24) is 0 Å². The molecule has 0 aliphatic carbocycles. The summed E-state index contributed by atoms with van der Waals surface area (Å²) < 4.78 is 17.5. The van der Waals surface area contributed by atoms with Gasteiger partial charge in [0, 0.05) is 10.9 Å². The first-order valence-electron chi connectivity index (χ1n) is 5.85. The van der Waals surface area contributed by atoms with Gasteiger partial charge in [-0.25, -0.2) is 4.39 Å². The summed E-state index contributed by atoms with van der Waals surface area (Å²) in [7, 11) is 1.32. The highest BCUT2D eigenvalue weighted by Crippen LogP contribution is 2.20. The maximum absolute atomic E-state index is 13.0. The van der Waals surface area contributed by atoms with Crippen LogP contribution in [0.5, 0.6) is 0 Å². The largest absolute Gasteiger partial charge is 0.469 e. The SMILES string of the molecule is COC(=O)CC(C)SCC(=O)Nc1ccc(F)c(Cl)c1. The van der Waals surface area contributed by atoms with Crippen molar-refractivity contribution >= 4 is 40.9 Å². The van der Waals surface area contributed by atoms with Crippen LogP contribution in [0.4, 0.5) is 10.1 Å². The first-order valence-corrected chi connectivity index (χ1v) is 7.28. The molecule has 0 saturated carbocycles. The van der Waals surface area contributed by atoms with Crippen LogP contribution in [0.3, 0.4) is 0 Å². The predicted molar refractivity (Wildman–Crippen MR) is 78.6 cm³/mol. The van der Waals surface area contributed by atoms with Crippen LogP contribution in [0.1, 0.15) is 13.3 Å². The van der Waals surface area contributed by atoms with Gasteiger partial charge in [0.15, 0.2) is 0 Å². The van der Waals surface area contributed by atoms with Gasteiger partial charge in [-0.1, -0.05) is 18.5 Å². The Hall–Kier alpha value is -1.27. The van der Waals surface area contributed by atoms with Crippen LogP contribution >= 0.6 is 23.4 Å². The number of benzene rings is 1. The molecule has 0 spiro atoms. The van der Waals surface area contributed by atoms with Crippen molar-refractivity contribution in [2.75, 3.05) is 18.2 Å². The fourth-order valence-corrected chi connectivity index (χ4v) is 2.31. The molecule has 0 fully saturated rings.